The topological polar surface area (TPSA) is 32.3 Å². The smallest absolute Gasteiger partial charge is 0.123 e. The molecule has 17 heavy (non-hydrogen) atoms. The van der Waals surface area contributed by atoms with Crippen molar-refractivity contribution in [2.24, 2.45) is 0 Å². The van der Waals surface area contributed by atoms with Crippen LogP contribution in [0.3, 0.4) is 0 Å². The molecule has 0 aliphatic heterocycles. The third kappa shape index (κ3) is 6.05. The Hall–Kier alpha value is -0.580. The van der Waals surface area contributed by atoms with Crippen LogP contribution in [0.2, 0.25) is 0 Å². The Morgan fingerprint density at radius 3 is 2.65 bits per heavy atom. The van der Waals surface area contributed by atoms with E-state index in [1.54, 1.807) is 23.9 Å². The van der Waals surface area contributed by atoms with Crippen LogP contribution in [0.5, 0.6) is 0 Å². The Morgan fingerprint density at radius 1 is 1.35 bits per heavy atom. The van der Waals surface area contributed by atoms with E-state index >= 15 is 0 Å². The first-order chi connectivity index (χ1) is 8.26. The van der Waals surface area contributed by atoms with Crippen molar-refractivity contribution in [3.63, 3.8) is 0 Å². The molecule has 0 radical (unpaired) electrons. The minimum absolute atomic E-state index is 0.169. The number of nitrogens with one attached hydrogen (secondary N) is 1. The van der Waals surface area contributed by atoms with E-state index in [1.807, 2.05) is 0 Å². The molecule has 1 aromatic carbocycles. The Balaban J connectivity index is 2.23. The highest BCUT2D eigenvalue weighted by atomic mass is 32.2. The number of halogens is 1. The molecule has 1 atom stereocenters. The van der Waals surface area contributed by atoms with E-state index < -0.39 is 0 Å². The van der Waals surface area contributed by atoms with Crippen LogP contribution >= 0.6 is 11.8 Å². The molecule has 1 unspecified atom stereocenters. The first-order valence-corrected chi connectivity index (χ1v) is 6.97. The molecule has 1 rings (SSSR count). The van der Waals surface area contributed by atoms with Crippen LogP contribution in [0.4, 0.5) is 4.39 Å². The second kappa shape index (κ2) is 8.50. The SMILES string of the molecule is CCCNC(CO)CCSc1ccc(F)cc1. The van der Waals surface area contributed by atoms with Gasteiger partial charge < -0.3 is 10.4 Å². The molecule has 2 nitrogen and oxygen atoms in total. The number of rotatable bonds is 8. The summed E-state index contributed by atoms with van der Waals surface area (Å²) in [4.78, 5) is 1.07. The zero-order valence-electron chi connectivity index (χ0n) is 10.2. The number of benzene rings is 1. The van der Waals surface area contributed by atoms with Crippen LogP contribution in [-0.2, 0) is 0 Å². The zero-order valence-corrected chi connectivity index (χ0v) is 11.0. The average molecular weight is 257 g/mol. The van der Waals surface area contributed by atoms with Gasteiger partial charge in [-0.05, 0) is 49.4 Å². The summed E-state index contributed by atoms with van der Waals surface area (Å²) in [6.45, 7) is 3.21. The first kappa shape index (κ1) is 14.5. The van der Waals surface area contributed by atoms with Crippen molar-refractivity contribution in [2.45, 2.75) is 30.7 Å². The van der Waals surface area contributed by atoms with Crippen LogP contribution in [0.25, 0.3) is 0 Å². The maximum absolute atomic E-state index is 12.7. The van der Waals surface area contributed by atoms with Crippen molar-refractivity contribution in [2.75, 3.05) is 18.9 Å². The van der Waals surface area contributed by atoms with Gasteiger partial charge in [-0.1, -0.05) is 6.92 Å². The van der Waals surface area contributed by atoms with Crippen molar-refractivity contribution in [3.8, 4) is 0 Å². The fraction of sp³-hybridized carbons (Fsp3) is 0.538. The zero-order chi connectivity index (χ0) is 12.5. The Bertz CT molecular complexity index is 305. The highest BCUT2D eigenvalue weighted by Gasteiger charge is 2.05. The summed E-state index contributed by atoms with van der Waals surface area (Å²) in [5, 5.41) is 12.5. The summed E-state index contributed by atoms with van der Waals surface area (Å²) < 4.78 is 12.7. The summed E-state index contributed by atoms with van der Waals surface area (Å²) in [6, 6.07) is 6.69. The van der Waals surface area contributed by atoms with Gasteiger partial charge in [0, 0.05) is 10.9 Å². The van der Waals surface area contributed by atoms with Gasteiger partial charge in [0.05, 0.1) is 6.61 Å². The fourth-order valence-corrected chi connectivity index (χ4v) is 2.42. The molecule has 0 fully saturated rings. The van der Waals surface area contributed by atoms with Gasteiger partial charge in [-0.2, -0.15) is 0 Å². The van der Waals surface area contributed by atoms with Crippen LogP contribution in [0, 0.1) is 5.82 Å². The molecule has 0 aromatic heterocycles. The maximum Gasteiger partial charge on any atom is 0.123 e. The number of thioether (sulfide) groups is 1. The Kier molecular flexibility index (Phi) is 7.24. The van der Waals surface area contributed by atoms with E-state index in [2.05, 4.69) is 12.2 Å². The summed E-state index contributed by atoms with van der Waals surface area (Å²) in [5.74, 6) is 0.723. The first-order valence-electron chi connectivity index (χ1n) is 5.99. The van der Waals surface area contributed by atoms with E-state index in [-0.39, 0.29) is 18.5 Å². The Labute approximate surface area is 107 Å². The lowest BCUT2D eigenvalue weighted by atomic mass is 10.2. The normalized spacial score (nSPS) is 12.6. The lowest BCUT2D eigenvalue weighted by Crippen LogP contribution is -2.33. The largest absolute Gasteiger partial charge is 0.395 e. The van der Waals surface area contributed by atoms with Gasteiger partial charge in [0.2, 0.25) is 0 Å². The van der Waals surface area contributed by atoms with Gasteiger partial charge in [0.15, 0.2) is 0 Å². The van der Waals surface area contributed by atoms with Crippen molar-refractivity contribution in [3.05, 3.63) is 30.1 Å². The van der Waals surface area contributed by atoms with Crippen LogP contribution < -0.4 is 5.32 Å². The monoisotopic (exact) mass is 257 g/mol. The molecular formula is C13H20FNOS. The molecule has 0 spiro atoms. The molecule has 0 aliphatic carbocycles. The maximum atomic E-state index is 12.7. The van der Waals surface area contributed by atoms with E-state index in [1.165, 1.54) is 12.1 Å². The van der Waals surface area contributed by atoms with E-state index in [4.69, 9.17) is 5.11 Å². The fourth-order valence-electron chi connectivity index (χ4n) is 1.46. The predicted molar refractivity (Wildman–Crippen MR) is 70.9 cm³/mol. The second-order valence-electron chi connectivity index (χ2n) is 3.92. The minimum Gasteiger partial charge on any atom is -0.395 e. The van der Waals surface area contributed by atoms with Crippen molar-refractivity contribution in [1.29, 1.82) is 0 Å². The molecule has 1 aromatic rings. The van der Waals surface area contributed by atoms with Gasteiger partial charge in [0.25, 0.3) is 0 Å². The van der Waals surface area contributed by atoms with Crippen LogP contribution in [0.1, 0.15) is 19.8 Å². The lowest BCUT2D eigenvalue weighted by Gasteiger charge is -2.15. The third-order valence-corrected chi connectivity index (χ3v) is 3.50. The summed E-state index contributed by atoms with van der Waals surface area (Å²) in [5.41, 5.74) is 0. The molecule has 4 heteroatoms. The minimum atomic E-state index is -0.202. The highest BCUT2D eigenvalue weighted by Crippen LogP contribution is 2.19. The summed E-state index contributed by atoms with van der Waals surface area (Å²) in [6.07, 6.45) is 1.99. The van der Waals surface area contributed by atoms with Crippen LogP contribution in [-0.4, -0.2) is 30.1 Å². The van der Waals surface area contributed by atoms with Gasteiger partial charge in [-0.3, -0.25) is 0 Å². The molecule has 0 saturated heterocycles. The van der Waals surface area contributed by atoms with E-state index in [0.717, 1.165) is 30.0 Å². The van der Waals surface area contributed by atoms with Gasteiger partial charge in [-0.25, -0.2) is 4.39 Å². The quantitative estimate of drug-likeness (QED) is 0.702. The third-order valence-electron chi connectivity index (χ3n) is 2.45. The Morgan fingerprint density at radius 2 is 2.06 bits per heavy atom. The summed E-state index contributed by atoms with van der Waals surface area (Å²) >= 11 is 1.69. The molecule has 0 saturated carbocycles. The highest BCUT2D eigenvalue weighted by molar-refractivity contribution is 7.99. The molecule has 0 bridgehead atoms. The molecule has 96 valence electrons. The number of aliphatic hydroxyl groups is 1. The standard InChI is InChI=1S/C13H20FNOS/c1-2-8-15-12(10-16)7-9-17-13-5-3-11(14)4-6-13/h3-6,12,15-16H,2,7-10H2,1H3. The molecule has 0 aliphatic rings. The number of aliphatic hydroxyl groups excluding tert-OH is 1. The number of hydrogen-bond acceptors (Lipinski definition) is 3. The van der Waals surface area contributed by atoms with E-state index in [9.17, 15) is 4.39 Å². The second-order valence-corrected chi connectivity index (χ2v) is 5.09. The van der Waals surface area contributed by atoms with Crippen LogP contribution in [0.15, 0.2) is 29.2 Å². The molecular weight excluding hydrogens is 237 g/mol. The van der Waals surface area contributed by atoms with Gasteiger partial charge >= 0.3 is 0 Å². The van der Waals surface area contributed by atoms with Gasteiger partial charge in [0.1, 0.15) is 5.82 Å². The average Bonchev–Trinajstić information content (AvgIpc) is 2.36. The number of hydrogen-bond donors (Lipinski definition) is 2. The van der Waals surface area contributed by atoms with Gasteiger partial charge in [-0.15, -0.1) is 11.8 Å². The van der Waals surface area contributed by atoms with Crippen molar-refractivity contribution in [1.82, 2.24) is 5.32 Å². The molecule has 0 heterocycles. The molecule has 2 N–H and O–H groups in total. The summed E-state index contributed by atoms with van der Waals surface area (Å²) in [7, 11) is 0. The predicted octanol–water partition coefficient (Wildman–Crippen LogP) is 2.67. The lowest BCUT2D eigenvalue weighted by molar-refractivity contribution is 0.240. The van der Waals surface area contributed by atoms with E-state index in [0.29, 0.717) is 0 Å². The van der Waals surface area contributed by atoms with Crippen molar-refractivity contribution < 1.29 is 9.50 Å². The van der Waals surface area contributed by atoms with Crippen molar-refractivity contribution >= 4 is 11.8 Å². The molecule has 0 amide bonds.